The molecule has 6 heteroatoms. The van der Waals surface area contributed by atoms with Crippen LogP contribution in [-0.2, 0) is 0 Å². The first-order valence-corrected chi connectivity index (χ1v) is 5.73. The van der Waals surface area contributed by atoms with E-state index in [2.05, 4.69) is 10.3 Å². The van der Waals surface area contributed by atoms with Gasteiger partial charge in [0.25, 0.3) is 0 Å². The number of nitrogens with one attached hydrogen (secondary N) is 1. The fourth-order valence-corrected chi connectivity index (χ4v) is 1.88. The third-order valence-corrected chi connectivity index (χ3v) is 2.85. The lowest BCUT2D eigenvalue weighted by Gasteiger charge is -2.10. The van der Waals surface area contributed by atoms with Crippen molar-refractivity contribution in [3.05, 3.63) is 51.3 Å². The first kappa shape index (κ1) is 12.4. The summed E-state index contributed by atoms with van der Waals surface area (Å²) in [4.78, 5) is 3.82. The molecule has 1 N–H and O–H groups in total. The average molecular weight is 292 g/mol. The molecule has 0 aliphatic carbocycles. The molecule has 0 atom stereocenters. The lowest BCUT2D eigenvalue weighted by atomic mass is 10.3. The minimum atomic E-state index is -0.575. The Morgan fingerprint density at radius 3 is 2.35 bits per heavy atom. The van der Waals surface area contributed by atoms with E-state index in [-0.39, 0.29) is 10.8 Å². The monoisotopic (exact) mass is 290 g/mol. The smallest absolute Gasteiger partial charge is 0.167 e. The van der Waals surface area contributed by atoms with E-state index in [4.69, 9.17) is 34.8 Å². The number of hydrogen-bond donors (Lipinski definition) is 1. The number of nitrogens with zero attached hydrogens (tertiary/aromatic N) is 1. The Kier molecular flexibility index (Phi) is 3.72. The van der Waals surface area contributed by atoms with Crippen LogP contribution in [0, 0.1) is 5.82 Å². The second kappa shape index (κ2) is 5.08. The largest absolute Gasteiger partial charge is 0.335 e. The quantitative estimate of drug-likeness (QED) is 0.849. The maximum Gasteiger partial charge on any atom is 0.167 e. The van der Waals surface area contributed by atoms with Crippen LogP contribution in [0.25, 0.3) is 0 Å². The molecule has 0 saturated carbocycles. The molecule has 0 aliphatic heterocycles. The lowest BCUT2D eigenvalue weighted by molar-refractivity contribution is 0.626. The molecule has 2 rings (SSSR count). The van der Waals surface area contributed by atoms with E-state index in [1.54, 1.807) is 18.2 Å². The molecule has 1 aromatic carbocycles. The summed E-state index contributed by atoms with van der Waals surface area (Å²) in [5.74, 6) is -0.558. The maximum atomic E-state index is 13.5. The highest BCUT2D eigenvalue weighted by atomic mass is 35.5. The Morgan fingerprint density at radius 1 is 1.12 bits per heavy atom. The second-order valence-corrected chi connectivity index (χ2v) is 4.46. The Labute approximate surface area is 112 Å². The van der Waals surface area contributed by atoms with Crippen LogP contribution in [0.3, 0.4) is 0 Å². The zero-order chi connectivity index (χ0) is 12.4. The van der Waals surface area contributed by atoms with Crippen molar-refractivity contribution in [1.82, 2.24) is 4.98 Å². The molecule has 1 heterocycles. The van der Waals surface area contributed by atoms with Crippen molar-refractivity contribution in [2.24, 2.45) is 0 Å². The van der Waals surface area contributed by atoms with E-state index in [0.29, 0.717) is 15.7 Å². The van der Waals surface area contributed by atoms with Crippen molar-refractivity contribution < 1.29 is 4.39 Å². The fraction of sp³-hybridized carbons (Fsp3) is 0. The topological polar surface area (TPSA) is 24.9 Å². The normalized spacial score (nSPS) is 10.4. The number of halogens is 4. The van der Waals surface area contributed by atoms with Crippen molar-refractivity contribution in [2.75, 3.05) is 5.32 Å². The van der Waals surface area contributed by atoms with E-state index in [1.165, 1.54) is 6.20 Å². The van der Waals surface area contributed by atoms with Gasteiger partial charge in [-0.25, -0.2) is 9.37 Å². The van der Waals surface area contributed by atoms with Crippen LogP contribution in [0.2, 0.25) is 15.1 Å². The van der Waals surface area contributed by atoms with Gasteiger partial charge in [0, 0.05) is 6.20 Å². The molecule has 88 valence electrons. The summed E-state index contributed by atoms with van der Waals surface area (Å²) in [5.41, 5.74) is 0.407. The van der Waals surface area contributed by atoms with Crippen molar-refractivity contribution in [1.29, 1.82) is 0 Å². The molecule has 0 saturated heterocycles. The highest BCUT2D eigenvalue weighted by Gasteiger charge is 2.10. The molecular formula is C11H6Cl3FN2. The molecule has 0 radical (unpaired) electrons. The summed E-state index contributed by atoms with van der Waals surface area (Å²) in [6.45, 7) is 0. The van der Waals surface area contributed by atoms with Gasteiger partial charge in [0.15, 0.2) is 11.6 Å². The predicted molar refractivity (Wildman–Crippen MR) is 68.9 cm³/mol. The van der Waals surface area contributed by atoms with Crippen molar-refractivity contribution in [3.63, 3.8) is 0 Å². The van der Waals surface area contributed by atoms with Gasteiger partial charge in [-0.2, -0.15) is 0 Å². The van der Waals surface area contributed by atoms with Crippen LogP contribution in [0.4, 0.5) is 15.9 Å². The number of benzene rings is 1. The molecule has 0 fully saturated rings. The van der Waals surface area contributed by atoms with Gasteiger partial charge >= 0.3 is 0 Å². The standard InChI is InChI=1S/C11H6Cl3FN2/c12-6-4-9(15)11(16-5-6)17-10-7(13)2-1-3-8(10)14/h1-5H,(H,16,17). The average Bonchev–Trinajstić information content (AvgIpc) is 2.26. The third-order valence-electron chi connectivity index (χ3n) is 2.01. The highest BCUT2D eigenvalue weighted by Crippen LogP contribution is 2.32. The number of hydrogen-bond acceptors (Lipinski definition) is 2. The zero-order valence-electron chi connectivity index (χ0n) is 8.35. The van der Waals surface area contributed by atoms with Gasteiger partial charge in [-0.05, 0) is 18.2 Å². The summed E-state index contributed by atoms with van der Waals surface area (Å²) >= 11 is 17.5. The van der Waals surface area contributed by atoms with E-state index >= 15 is 0 Å². The van der Waals surface area contributed by atoms with Gasteiger partial charge in [-0.3, -0.25) is 0 Å². The van der Waals surface area contributed by atoms with Crippen molar-refractivity contribution in [2.45, 2.75) is 0 Å². The van der Waals surface area contributed by atoms with Crippen LogP contribution in [-0.4, -0.2) is 4.98 Å². The van der Waals surface area contributed by atoms with Crippen LogP contribution >= 0.6 is 34.8 Å². The molecule has 0 aliphatic rings. The Hall–Kier alpha value is -1.03. The van der Waals surface area contributed by atoms with Crippen LogP contribution in [0.1, 0.15) is 0 Å². The van der Waals surface area contributed by atoms with Gasteiger partial charge in [0.1, 0.15) is 0 Å². The fourth-order valence-electron chi connectivity index (χ4n) is 1.24. The number of anilines is 2. The molecule has 0 bridgehead atoms. The van der Waals surface area contributed by atoms with Crippen molar-refractivity contribution >= 4 is 46.3 Å². The summed E-state index contributed by atoms with van der Waals surface area (Å²) in [6.07, 6.45) is 1.33. The minimum Gasteiger partial charge on any atom is -0.335 e. The first-order chi connectivity index (χ1) is 8.08. The molecule has 0 unspecified atom stereocenters. The van der Waals surface area contributed by atoms with E-state index in [1.807, 2.05) is 0 Å². The number of aromatic nitrogens is 1. The maximum absolute atomic E-state index is 13.5. The van der Waals surface area contributed by atoms with Crippen LogP contribution in [0.15, 0.2) is 30.5 Å². The molecular weight excluding hydrogens is 285 g/mol. The van der Waals surface area contributed by atoms with Crippen LogP contribution in [0.5, 0.6) is 0 Å². The summed E-state index contributed by atoms with van der Waals surface area (Å²) in [5, 5.41) is 3.71. The summed E-state index contributed by atoms with van der Waals surface area (Å²) in [6, 6.07) is 6.14. The number of rotatable bonds is 2. The molecule has 0 spiro atoms. The summed E-state index contributed by atoms with van der Waals surface area (Å²) in [7, 11) is 0. The van der Waals surface area contributed by atoms with Crippen molar-refractivity contribution in [3.8, 4) is 0 Å². The predicted octanol–water partition coefficient (Wildman–Crippen LogP) is 4.92. The summed E-state index contributed by atoms with van der Waals surface area (Å²) < 4.78 is 13.5. The van der Waals surface area contributed by atoms with E-state index in [9.17, 15) is 4.39 Å². The minimum absolute atomic E-state index is 0.0180. The van der Waals surface area contributed by atoms with Gasteiger partial charge < -0.3 is 5.32 Å². The van der Waals surface area contributed by atoms with Gasteiger partial charge in [0.05, 0.1) is 20.8 Å². The molecule has 0 amide bonds. The van der Waals surface area contributed by atoms with Crippen LogP contribution < -0.4 is 5.32 Å². The van der Waals surface area contributed by atoms with E-state index in [0.717, 1.165) is 6.07 Å². The molecule has 2 nitrogen and oxygen atoms in total. The lowest BCUT2D eigenvalue weighted by Crippen LogP contribution is -1.98. The Bertz CT molecular complexity index is 540. The van der Waals surface area contributed by atoms with Gasteiger partial charge in [-0.15, -0.1) is 0 Å². The zero-order valence-corrected chi connectivity index (χ0v) is 10.6. The second-order valence-electron chi connectivity index (χ2n) is 3.21. The molecule has 2 aromatic rings. The number of para-hydroxylation sites is 1. The first-order valence-electron chi connectivity index (χ1n) is 4.60. The highest BCUT2D eigenvalue weighted by molar-refractivity contribution is 6.39. The molecule has 17 heavy (non-hydrogen) atoms. The number of pyridine rings is 1. The molecule has 1 aromatic heterocycles. The third kappa shape index (κ3) is 2.80. The SMILES string of the molecule is Fc1cc(Cl)cnc1Nc1c(Cl)cccc1Cl. The Balaban J connectivity index is 2.38. The van der Waals surface area contributed by atoms with Gasteiger partial charge in [0.2, 0.25) is 0 Å². The van der Waals surface area contributed by atoms with E-state index < -0.39 is 5.82 Å². The van der Waals surface area contributed by atoms with Gasteiger partial charge in [-0.1, -0.05) is 40.9 Å². The Morgan fingerprint density at radius 2 is 1.76 bits per heavy atom.